The molecule has 3 heteroatoms. The first-order valence-electron chi connectivity index (χ1n) is 6.18. The molecule has 2 nitrogen and oxygen atoms in total. The molecule has 2 unspecified atom stereocenters. The zero-order chi connectivity index (χ0) is 11.4. The van der Waals surface area contributed by atoms with Gasteiger partial charge in [-0.1, -0.05) is 6.42 Å². The van der Waals surface area contributed by atoms with Crippen LogP contribution in [0.25, 0.3) is 0 Å². The zero-order valence-electron chi connectivity index (χ0n) is 9.91. The van der Waals surface area contributed by atoms with Gasteiger partial charge < -0.3 is 10.4 Å². The molecule has 0 aromatic carbocycles. The van der Waals surface area contributed by atoms with Crippen LogP contribution >= 0.6 is 11.3 Å². The van der Waals surface area contributed by atoms with Gasteiger partial charge in [0.2, 0.25) is 0 Å². The van der Waals surface area contributed by atoms with Crippen LogP contribution in [0.4, 0.5) is 0 Å². The van der Waals surface area contributed by atoms with Crippen molar-refractivity contribution in [1.82, 2.24) is 5.32 Å². The predicted molar refractivity (Wildman–Crippen MR) is 68.7 cm³/mol. The Hall–Kier alpha value is -0.380. The lowest BCUT2D eigenvalue weighted by atomic mass is 9.87. The van der Waals surface area contributed by atoms with Gasteiger partial charge in [-0.2, -0.15) is 0 Å². The van der Waals surface area contributed by atoms with E-state index in [1.807, 2.05) is 11.3 Å². The van der Waals surface area contributed by atoms with Crippen molar-refractivity contribution in [2.75, 3.05) is 6.54 Å². The van der Waals surface area contributed by atoms with E-state index in [2.05, 4.69) is 24.4 Å². The summed E-state index contributed by atoms with van der Waals surface area (Å²) in [5, 5.41) is 13.1. The van der Waals surface area contributed by atoms with Gasteiger partial charge in [0.05, 0.1) is 6.10 Å². The van der Waals surface area contributed by atoms with Crippen molar-refractivity contribution in [3.63, 3.8) is 0 Å². The fourth-order valence-corrected chi connectivity index (χ4v) is 3.29. The van der Waals surface area contributed by atoms with Crippen LogP contribution in [0, 0.1) is 12.8 Å². The van der Waals surface area contributed by atoms with E-state index in [1.165, 1.54) is 22.6 Å². The molecular formula is C13H21NOS. The number of aryl methyl sites for hydroxylation is 1. The molecule has 1 aliphatic rings. The minimum atomic E-state index is -0.0514. The summed E-state index contributed by atoms with van der Waals surface area (Å²) in [5.74, 6) is 0.671. The lowest BCUT2D eigenvalue weighted by Gasteiger charge is -2.25. The highest BCUT2D eigenvalue weighted by Gasteiger charge is 2.19. The standard InChI is InChI=1S/C13H21NOS/c1-10-5-6-13(16-10)9-14-8-11-3-2-4-12(15)7-11/h5-6,11-12,14-15H,2-4,7-9H2,1H3. The summed E-state index contributed by atoms with van der Waals surface area (Å²) in [6.45, 7) is 4.17. The van der Waals surface area contributed by atoms with Crippen LogP contribution in [-0.2, 0) is 6.54 Å². The Balaban J connectivity index is 1.67. The first-order chi connectivity index (χ1) is 7.74. The monoisotopic (exact) mass is 239 g/mol. The minimum Gasteiger partial charge on any atom is -0.393 e. The average Bonchev–Trinajstić information content (AvgIpc) is 2.64. The smallest absolute Gasteiger partial charge is 0.0543 e. The Labute approximate surface area is 102 Å². The highest BCUT2D eigenvalue weighted by atomic mass is 32.1. The molecule has 1 aromatic rings. The van der Waals surface area contributed by atoms with E-state index in [0.717, 1.165) is 25.9 Å². The van der Waals surface area contributed by atoms with Gasteiger partial charge >= 0.3 is 0 Å². The van der Waals surface area contributed by atoms with Gasteiger partial charge in [-0.15, -0.1) is 11.3 Å². The van der Waals surface area contributed by atoms with E-state index in [1.54, 1.807) is 0 Å². The van der Waals surface area contributed by atoms with Crippen LogP contribution < -0.4 is 5.32 Å². The van der Waals surface area contributed by atoms with E-state index in [-0.39, 0.29) is 6.10 Å². The van der Waals surface area contributed by atoms with Gasteiger partial charge in [0.1, 0.15) is 0 Å². The average molecular weight is 239 g/mol. The molecule has 0 amide bonds. The van der Waals surface area contributed by atoms with E-state index in [9.17, 15) is 5.11 Å². The second-order valence-electron chi connectivity index (χ2n) is 4.83. The van der Waals surface area contributed by atoms with E-state index < -0.39 is 0 Å². The Kier molecular flexibility index (Phi) is 4.38. The van der Waals surface area contributed by atoms with Crippen LogP contribution in [0.15, 0.2) is 12.1 Å². The summed E-state index contributed by atoms with van der Waals surface area (Å²) in [7, 11) is 0. The minimum absolute atomic E-state index is 0.0514. The summed E-state index contributed by atoms with van der Waals surface area (Å²) >= 11 is 1.86. The summed E-state index contributed by atoms with van der Waals surface area (Å²) in [6, 6.07) is 4.37. The third-order valence-electron chi connectivity index (χ3n) is 3.28. The highest BCUT2D eigenvalue weighted by molar-refractivity contribution is 7.11. The first-order valence-corrected chi connectivity index (χ1v) is 7.00. The van der Waals surface area contributed by atoms with Crippen molar-refractivity contribution in [3.8, 4) is 0 Å². The number of aliphatic hydroxyl groups is 1. The molecule has 1 heterocycles. The quantitative estimate of drug-likeness (QED) is 0.846. The van der Waals surface area contributed by atoms with Crippen molar-refractivity contribution in [2.24, 2.45) is 5.92 Å². The molecule has 90 valence electrons. The second-order valence-corrected chi connectivity index (χ2v) is 6.20. The molecule has 1 aliphatic carbocycles. The van der Waals surface area contributed by atoms with Gasteiger partial charge in [-0.3, -0.25) is 0 Å². The van der Waals surface area contributed by atoms with Crippen molar-refractivity contribution in [1.29, 1.82) is 0 Å². The topological polar surface area (TPSA) is 32.3 Å². The summed E-state index contributed by atoms with van der Waals surface area (Å²) in [4.78, 5) is 2.79. The fourth-order valence-electron chi connectivity index (χ4n) is 2.43. The molecule has 2 atom stereocenters. The highest BCUT2D eigenvalue weighted by Crippen LogP contribution is 2.23. The predicted octanol–water partition coefficient (Wildman–Crippen LogP) is 2.70. The van der Waals surface area contributed by atoms with Crippen LogP contribution in [0.1, 0.15) is 35.4 Å². The van der Waals surface area contributed by atoms with E-state index in [4.69, 9.17) is 0 Å². The maximum Gasteiger partial charge on any atom is 0.0543 e. The SMILES string of the molecule is Cc1ccc(CNCC2CCCC(O)C2)s1. The maximum absolute atomic E-state index is 9.57. The summed E-state index contributed by atoms with van der Waals surface area (Å²) < 4.78 is 0. The Bertz CT molecular complexity index is 323. The molecule has 0 spiro atoms. The lowest BCUT2D eigenvalue weighted by Crippen LogP contribution is -2.28. The third-order valence-corrected chi connectivity index (χ3v) is 4.28. The number of aliphatic hydroxyl groups excluding tert-OH is 1. The molecular weight excluding hydrogens is 218 g/mol. The normalized spacial score (nSPS) is 25.9. The van der Waals surface area contributed by atoms with Crippen LogP contribution in [-0.4, -0.2) is 17.8 Å². The molecule has 1 aromatic heterocycles. The number of nitrogens with one attached hydrogen (secondary N) is 1. The molecule has 0 saturated heterocycles. The number of thiophene rings is 1. The second kappa shape index (κ2) is 5.80. The number of hydrogen-bond acceptors (Lipinski definition) is 3. The van der Waals surface area contributed by atoms with Crippen molar-refractivity contribution >= 4 is 11.3 Å². The Morgan fingerprint density at radius 1 is 1.44 bits per heavy atom. The van der Waals surface area contributed by atoms with E-state index in [0.29, 0.717) is 5.92 Å². The van der Waals surface area contributed by atoms with Crippen molar-refractivity contribution in [2.45, 2.75) is 45.3 Å². The van der Waals surface area contributed by atoms with Crippen LogP contribution in [0.5, 0.6) is 0 Å². The molecule has 2 N–H and O–H groups in total. The first kappa shape index (κ1) is 12.1. The van der Waals surface area contributed by atoms with Crippen molar-refractivity contribution < 1.29 is 5.11 Å². The van der Waals surface area contributed by atoms with Gasteiger partial charge in [0.25, 0.3) is 0 Å². The van der Waals surface area contributed by atoms with Gasteiger partial charge in [-0.25, -0.2) is 0 Å². The zero-order valence-corrected chi connectivity index (χ0v) is 10.7. The Morgan fingerprint density at radius 2 is 2.31 bits per heavy atom. The summed E-state index contributed by atoms with van der Waals surface area (Å²) in [5.41, 5.74) is 0. The molecule has 16 heavy (non-hydrogen) atoms. The molecule has 0 aliphatic heterocycles. The molecule has 1 fully saturated rings. The van der Waals surface area contributed by atoms with Crippen molar-refractivity contribution in [3.05, 3.63) is 21.9 Å². The van der Waals surface area contributed by atoms with Gasteiger partial charge in [0.15, 0.2) is 0 Å². The largest absolute Gasteiger partial charge is 0.393 e. The molecule has 2 rings (SSSR count). The van der Waals surface area contributed by atoms with Crippen LogP contribution in [0.2, 0.25) is 0 Å². The number of rotatable bonds is 4. The Morgan fingerprint density at radius 3 is 3.00 bits per heavy atom. The lowest BCUT2D eigenvalue weighted by molar-refractivity contribution is 0.101. The molecule has 0 bridgehead atoms. The van der Waals surface area contributed by atoms with Gasteiger partial charge in [-0.05, 0) is 50.8 Å². The van der Waals surface area contributed by atoms with Gasteiger partial charge in [0, 0.05) is 16.3 Å². The maximum atomic E-state index is 9.57. The summed E-state index contributed by atoms with van der Waals surface area (Å²) in [6.07, 6.45) is 4.39. The van der Waals surface area contributed by atoms with Crippen LogP contribution in [0.3, 0.4) is 0 Å². The molecule has 1 saturated carbocycles. The molecule has 0 radical (unpaired) electrons. The third kappa shape index (κ3) is 3.58. The number of hydrogen-bond donors (Lipinski definition) is 2. The van der Waals surface area contributed by atoms with E-state index >= 15 is 0 Å². The fraction of sp³-hybridized carbons (Fsp3) is 0.692.